The number of nitrogens with one attached hydrogen (secondary N) is 1. The van der Waals surface area contributed by atoms with Gasteiger partial charge in [0, 0.05) is 31.9 Å². The molecule has 2 aromatic rings. The Bertz CT molecular complexity index is 650. The number of hydrogen-bond acceptors (Lipinski definition) is 4. The van der Waals surface area contributed by atoms with Gasteiger partial charge in [-0.3, -0.25) is 9.59 Å². The molecule has 120 valence electrons. The lowest BCUT2D eigenvalue weighted by Crippen LogP contribution is -2.51. The summed E-state index contributed by atoms with van der Waals surface area (Å²) in [6, 6.07) is 13.4. The number of rotatable bonds is 4. The summed E-state index contributed by atoms with van der Waals surface area (Å²) in [5, 5.41) is 5.03. The van der Waals surface area contributed by atoms with Crippen molar-refractivity contribution in [3.63, 3.8) is 0 Å². The van der Waals surface area contributed by atoms with Crippen LogP contribution >= 0.6 is 11.3 Å². The van der Waals surface area contributed by atoms with Gasteiger partial charge in [0.05, 0.1) is 11.4 Å². The molecule has 0 bridgehead atoms. The Hall–Kier alpha value is -2.34. The van der Waals surface area contributed by atoms with E-state index in [0.29, 0.717) is 26.2 Å². The lowest BCUT2D eigenvalue weighted by atomic mass is 10.2. The Labute approximate surface area is 139 Å². The monoisotopic (exact) mass is 329 g/mol. The number of thiophene rings is 1. The summed E-state index contributed by atoms with van der Waals surface area (Å²) in [5.41, 5.74) is 0.937. The van der Waals surface area contributed by atoms with Gasteiger partial charge in [0.2, 0.25) is 5.91 Å². The molecule has 5 nitrogen and oxygen atoms in total. The normalized spacial score (nSPS) is 14.6. The van der Waals surface area contributed by atoms with Crippen molar-refractivity contribution in [3.8, 4) is 0 Å². The van der Waals surface area contributed by atoms with Gasteiger partial charge in [-0.05, 0) is 23.6 Å². The first-order valence-corrected chi connectivity index (χ1v) is 8.51. The van der Waals surface area contributed by atoms with Crippen LogP contribution in [0, 0.1) is 0 Å². The van der Waals surface area contributed by atoms with Crippen LogP contribution in [0.15, 0.2) is 47.8 Å². The number of nitrogens with zero attached hydrogens (tertiary/aromatic N) is 2. The van der Waals surface area contributed by atoms with E-state index in [2.05, 4.69) is 5.32 Å². The van der Waals surface area contributed by atoms with E-state index in [1.165, 1.54) is 11.3 Å². The van der Waals surface area contributed by atoms with E-state index in [9.17, 15) is 9.59 Å². The average Bonchev–Trinajstić information content (AvgIpc) is 3.15. The maximum absolute atomic E-state index is 12.3. The van der Waals surface area contributed by atoms with E-state index in [1.54, 1.807) is 0 Å². The van der Waals surface area contributed by atoms with Crippen LogP contribution in [0.4, 0.5) is 5.69 Å². The molecule has 2 heterocycles. The first-order chi connectivity index (χ1) is 11.2. The molecule has 23 heavy (non-hydrogen) atoms. The van der Waals surface area contributed by atoms with Crippen LogP contribution in [-0.2, 0) is 4.79 Å². The summed E-state index contributed by atoms with van der Waals surface area (Å²) in [5.74, 6) is 0.131. The lowest BCUT2D eigenvalue weighted by molar-refractivity contribution is -0.130. The predicted molar refractivity (Wildman–Crippen MR) is 91.7 cm³/mol. The van der Waals surface area contributed by atoms with E-state index in [-0.39, 0.29) is 18.4 Å². The topological polar surface area (TPSA) is 52.7 Å². The van der Waals surface area contributed by atoms with Crippen LogP contribution < -0.4 is 5.32 Å². The third-order valence-electron chi connectivity index (χ3n) is 3.87. The molecular formula is C17H19N3O2S. The number of para-hydroxylation sites is 1. The number of benzene rings is 1. The summed E-state index contributed by atoms with van der Waals surface area (Å²) in [6.45, 7) is 2.64. The maximum atomic E-state index is 12.3. The Balaban J connectivity index is 1.47. The number of carbonyl (C=O) groups is 2. The number of hydrogen-bond donors (Lipinski definition) is 1. The molecule has 0 radical (unpaired) electrons. The van der Waals surface area contributed by atoms with Crippen LogP contribution in [0.1, 0.15) is 9.67 Å². The van der Waals surface area contributed by atoms with Crippen LogP contribution in [-0.4, -0.2) is 54.3 Å². The third kappa shape index (κ3) is 3.90. The Kier molecular flexibility index (Phi) is 4.92. The fourth-order valence-corrected chi connectivity index (χ4v) is 3.25. The van der Waals surface area contributed by atoms with Crippen molar-refractivity contribution in [2.24, 2.45) is 0 Å². The lowest BCUT2D eigenvalue weighted by Gasteiger charge is -2.34. The molecule has 3 rings (SSSR count). The first-order valence-electron chi connectivity index (χ1n) is 7.63. The van der Waals surface area contributed by atoms with Crippen molar-refractivity contribution in [1.82, 2.24) is 9.80 Å². The highest BCUT2D eigenvalue weighted by molar-refractivity contribution is 7.12. The van der Waals surface area contributed by atoms with Crippen LogP contribution in [0.25, 0.3) is 0 Å². The van der Waals surface area contributed by atoms with E-state index < -0.39 is 0 Å². The average molecular weight is 329 g/mol. The minimum absolute atomic E-state index is 0.0644. The van der Waals surface area contributed by atoms with Crippen molar-refractivity contribution >= 4 is 28.8 Å². The smallest absolute Gasteiger partial charge is 0.264 e. The summed E-state index contributed by atoms with van der Waals surface area (Å²) in [6.07, 6.45) is 0. The van der Waals surface area contributed by atoms with Crippen molar-refractivity contribution in [2.75, 3.05) is 38.0 Å². The number of amides is 2. The molecule has 0 saturated carbocycles. The molecule has 1 aromatic carbocycles. The third-order valence-corrected chi connectivity index (χ3v) is 4.73. The Morgan fingerprint density at radius 3 is 2.30 bits per heavy atom. The van der Waals surface area contributed by atoms with Crippen molar-refractivity contribution in [2.45, 2.75) is 0 Å². The molecular weight excluding hydrogens is 310 g/mol. The fraction of sp³-hybridized carbons (Fsp3) is 0.294. The van der Waals surface area contributed by atoms with Gasteiger partial charge in [0.25, 0.3) is 5.91 Å². The molecule has 1 aliphatic heterocycles. The molecule has 1 N–H and O–H groups in total. The molecule has 0 unspecified atom stereocenters. The standard InChI is InChI=1S/C17H19N3O2S/c21-16(13-18-14-5-2-1-3-6-14)19-8-10-20(11-9-19)17(22)15-7-4-12-23-15/h1-7,12,18H,8-11,13H2. The SMILES string of the molecule is O=C(CNc1ccccc1)N1CCN(C(=O)c2cccs2)CC1. The van der Waals surface area contributed by atoms with Gasteiger partial charge in [-0.2, -0.15) is 0 Å². The second-order valence-electron chi connectivity index (χ2n) is 5.37. The summed E-state index contributed by atoms with van der Waals surface area (Å²) in [4.78, 5) is 28.9. The largest absolute Gasteiger partial charge is 0.376 e. The Morgan fingerprint density at radius 1 is 0.957 bits per heavy atom. The number of carbonyl (C=O) groups excluding carboxylic acids is 2. The van der Waals surface area contributed by atoms with Crippen LogP contribution in [0.2, 0.25) is 0 Å². The fourth-order valence-electron chi connectivity index (χ4n) is 2.56. The molecule has 1 saturated heterocycles. The quantitative estimate of drug-likeness (QED) is 0.935. The van der Waals surface area contributed by atoms with Crippen molar-refractivity contribution < 1.29 is 9.59 Å². The van der Waals surface area contributed by atoms with Gasteiger partial charge in [0.15, 0.2) is 0 Å². The molecule has 0 spiro atoms. The highest BCUT2D eigenvalue weighted by atomic mass is 32.1. The zero-order valence-corrected chi connectivity index (χ0v) is 13.6. The zero-order valence-electron chi connectivity index (χ0n) is 12.8. The highest BCUT2D eigenvalue weighted by Crippen LogP contribution is 2.14. The molecule has 6 heteroatoms. The van der Waals surface area contributed by atoms with Gasteiger partial charge < -0.3 is 15.1 Å². The molecule has 1 aliphatic rings. The molecule has 0 atom stereocenters. The zero-order chi connectivity index (χ0) is 16.1. The summed E-state index contributed by atoms with van der Waals surface area (Å²) >= 11 is 1.46. The van der Waals surface area contributed by atoms with E-state index >= 15 is 0 Å². The number of anilines is 1. The minimum atomic E-state index is 0.0644. The summed E-state index contributed by atoms with van der Waals surface area (Å²) in [7, 11) is 0. The Morgan fingerprint density at radius 2 is 1.65 bits per heavy atom. The molecule has 1 fully saturated rings. The van der Waals surface area contributed by atoms with E-state index in [1.807, 2.05) is 57.6 Å². The van der Waals surface area contributed by atoms with Gasteiger partial charge in [-0.1, -0.05) is 24.3 Å². The predicted octanol–water partition coefficient (Wildman–Crippen LogP) is 2.14. The molecule has 2 amide bonds. The molecule has 1 aromatic heterocycles. The van der Waals surface area contributed by atoms with Crippen LogP contribution in [0.3, 0.4) is 0 Å². The highest BCUT2D eigenvalue weighted by Gasteiger charge is 2.24. The van der Waals surface area contributed by atoms with Gasteiger partial charge in [-0.15, -0.1) is 11.3 Å². The summed E-state index contributed by atoms with van der Waals surface area (Å²) < 4.78 is 0. The van der Waals surface area contributed by atoms with E-state index in [0.717, 1.165) is 10.6 Å². The van der Waals surface area contributed by atoms with E-state index in [4.69, 9.17) is 0 Å². The second-order valence-corrected chi connectivity index (χ2v) is 6.32. The van der Waals surface area contributed by atoms with Gasteiger partial charge in [0.1, 0.15) is 0 Å². The minimum Gasteiger partial charge on any atom is -0.376 e. The molecule has 0 aliphatic carbocycles. The number of piperazine rings is 1. The second kappa shape index (κ2) is 7.28. The maximum Gasteiger partial charge on any atom is 0.264 e. The van der Waals surface area contributed by atoms with Gasteiger partial charge >= 0.3 is 0 Å². The van der Waals surface area contributed by atoms with Gasteiger partial charge in [-0.25, -0.2) is 0 Å². The van der Waals surface area contributed by atoms with Crippen molar-refractivity contribution in [1.29, 1.82) is 0 Å². The van der Waals surface area contributed by atoms with Crippen LogP contribution in [0.5, 0.6) is 0 Å². The van der Waals surface area contributed by atoms with Crippen molar-refractivity contribution in [3.05, 3.63) is 52.7 Å². The first kappa shape index (κ1) is 15.6.